The van der Waals surface area contributed by atoms with Crippen molar-refractivity contribution in [1.82, 2.24) is 10.0 Å². The number of nitrogens with one attached hydrogen (secondary N) is 2. The molecule has 4 nitrogen and oxygen atoms in total. The van der Waals surface area contributed by atoms with Crippen molar-refractivity contribution in [3.63, 3.8) is 0 Å². The van der Waals surface area contributed by atoms with E-state index >= 15 is 0 Å². The lowest BCUT2D eigenvalue weighted by Crippen LogP contribution is -2.50. The zero-order valence-electron chi connectivity index (χ0n) is 11.2. The van der Waals surface area contributed by atoms with E-state index in [2.05, 4.69) is 10.0 Å². The molecule has 0 radical (unpaired) electrons. The van der Waals surface area contributed by atoms with Crippen LogP contribution >= 0.6 is 0 Å². The van der Waals surface area contributed by atoms with Crippen molar-refractivity contribution in [3.8, 4) is 0 Å². The first-order valence-corrected chi connectivity index (χ1v) is 7.82. The van der Waals surface area contributed by atoms with Crippen LogP contribution in [0.5, 0.6) is 0 Å². The second-order valence-electron chi connectivity index (χ2n) is 5.30. The lowest BCUT2D eigenvalue weighted by molar-refractivity contribution is 0.248. The third-order valence-corrected chi connectivity index (χ3v) is 5.17. The van der Waals surface area contributed by atoms with E-state index in [0.29, 0.717) is 12.1 Å². The molecule has 0 unspecified atom stereocenters. The van der Waals surface area contributed by atoms with E-state index in [1.807, 2.05) is 6.92 Å². The monoisotopic (exact) mass is 286 g/mol. The van der Waals surface area contributed by atoms with Crippen LogP contribution in [0.15, 0.2) is 23.1 Å². The van der Waals surface area contributed by atoms with Crippen molar-refractivity contribution in [3.05, 3.63) is 29.6 Å². The predicted octanol–water partition coefficient (Wildman–Crippen LogP) is 1.77. The molecule has 1 aromatic rings. The molecule has 0 atom stereocenters. The first-order valence-electron chi connectivity index (χ1n) is 6.33. The predicted molar refractivity (Wildman–Crippen MR) is 71.7 cm³/mol. The van der Waals surface area contributed by atoms with Crippen LogP contribution in [0, 0.1) is 5.82 Å². The van der Waals surface area contributed by atoms with Gasteiger partial charge in [-0.2, -0.15) is 0 Å². The third-order valence-electron chi connectivity index (χ3n) is 3.53. The fourth-order valence-corrected chi connectivity index (χ4v) is 3.75. The molecule has 0 aliphatic heterocycles. The Morgan fingerprint density at radius 2 is 2.05 bits per heavy atom. The van der Waals surface area contributed by atoms with Crippen LogP contribution in [0.4, 0.5) is 4.39 Å². The summed E-state index contributed by atoms with van der Waals surface area (Å²) in [5.41, 5.74) is 0.000249. The highest BCUT2D eigenvalue weighted by molar-refractivity contribution is 7.89. The molecule has 0 aromatic heterocycles. The van der Waals surface area contributed by atoms with Crippen molar-refractivity contribution < 1.29 is 12.8 Å². The largest absolute Gasteiger partial charge is 0.316 e. The normalized spacial score (nSPS) is 18.1. The van der Waals surface area contributed by atoms with Gasteiger partial charge in [-0.25, -0.2) is 17.5 Å². The van der Waals surface area contributed by atoms with E-state index in [1.165, 1.54) is 18.2 Å². The van der Waals surface area contributed by atoms with Gasteiger partial charge in [0.25, 0.3) is 0 Å². The summed E-state index contributed by atoms with van der Waals surface area (Å²) in [5, 5.41) is 2.82. The van der Waals surface area contributed by atoms with Crippen molar-refractivity contribution in [2.24, 2.45) is 0 Å². The number of sulfonamides is 1. The highest BCUT2D eigenvalue weighted by Gasteiger charge is 2.36. The smallest absolute Gasteiger partial charge is 0.241 e. The summed E-state index contributed by atoms with van der Waals surface area (Å²) in [5.74, 6) is -0.400. The molecule has 0 amide bonds. The first-order chi connectivity index (χ1) is 8.86. The molecule has 0 spiro atoms. The Balaban J connectivity index is 2.27. The van der Waals surface area contributed by atoms with Crippen molar-refractivity contribution in [2.45, 2.75) is 43.2 Å². The zero-order chi connectivity index (χ0) is 14.1. The van der Waals surface area contributed by atoms with Gasteiger partial charge in [-0.05, 0) is 51.4 Å². The van der Waals surface area contributed by atoms with E-state index in [1.54, 1.807) is 7.05 Å². The maximum atomic E-state index is 13.5. The molecule has 1 saturated carbocycles. The summed E-state index contributed by atoms with van der Waals surface area (Å²) in [6, 6.07) is 3.89. The molecule has 2 N–H and O–H groups in total. The fraction of sp³-hybridized carbons (Fsp3) is 0.538. The van der Waals surface area contributed by atoms with E-state index in [0.717, 1.165) is 19.3 Å². The van der Waals surface area contributed by atoms with Crippen molar-refractivity contribution >= 4 is 10.0 Å². The van der Waals surface area contributed by atoms with Gasteiger partial charge in [0.2, 0.25) is 10.0 Å². The standard InChI is InChI=1S/C13H19FN2O2S/c1-13(6-3-7-13)16-19(17,18)11-4-5-12(14)10(8-11)9-15-2/h4-5,8,15-16H,3,6-7,9H2,1-2H3. The summed E-state index contributed by atoms with van der Waals surface area (Å²) in [6.45, 7) is 2.19. The maximum absolute atomic E-state index is 13.5. The van der Waals surface area contributed by atoms with Crippen LogP contribution in [0.2, 0.25) is 0 Å². The van der Waals surface area contributed by atoms with Crippen LogP contribution in [-0.4, -0.2) is 21.0 Å². The van der Waals surface area contributed by atoms with Crippen LogP contribution < -0.4 is 10.0 Å². The summed E-state index contributed by atoms with van der Waals surface area (Å²) in [6.07, 6.45) is 2.72. The number of halogens is 1. The Labute approximate surface area is 113 Å². The van der Waals surface area contributed by atoms with Gasteiger partial charge >= 0.3 is 0 Å². The fourth-order valence-electron chi connectivity index (χ4n) is 2.24. The van der Waals surface area contributed by atoms with Crippen LogP contribution in [-0.2, 0) is 16.6 Å². The molecule has 0 bridgehead atoms. The first kappa shape index (κ1) is 14.4. The molecule has 1 aliphatic carbocycles. The highest BCUT2D eigenvalue weighted by atomic mass is 32.2. The average Bonchev–Trinajstić information content (AvgIpc) is 2.29. The molecule has 19 heavy (non-hydrogen) atoms. The lowest BCUT2D eigenvalue weighted by Gasteiger charge is -2.38. The summed E-state index contributed by atoms with van der Waals surface area (Å²) < 4.78 is 40.7. The highest BCUT2D eigenvalue weighted by Crippen LogP contribution is 2.32. The number of rotatable bonds is 5. The average molecular weight is 286 g/mol. The minimum absolute atomic E-state index is 0.118. The summed E-state index contributed by atoms with van der Waals surface area (Å²) in [4.78, 5) is 0.118. The van der Waals surface area contributed by atoms with Gasteiger partial charge in [-0.1, -0.05) is 0 Å². The van der Waals surface area contributed by atoms with Gasteiger partial charge in [0.1, 0.15) is 5.82 Å². The maximum Gasteiger partial charge on any atom is 0.241 e. The second kappa shape index (κ2) is 5.19. The number of benzene rings is 1. The van der Waals surface area contributed by atoms with E-state index < -0.39 is 15.8 Å². The van der Waals surface area contributed by atoms with E-state index in [9.17, 15) is 12.8 Å². The Bertz CT molecular complexity index is 568. The quantitative estimate of drug-likeness (QED) is 0.867. The molecule has 6 heteroatoms. The molecule has 1 fully saturated rings. The third kappa shape index (κ3) is 3.13. The summed E-state index contributed by atoms with van der Waals surface area (Å²) >= 11 is 0. The number of hydrogen-bond donors (Lipinski definition) is 2. The Morgan fingerprint density at radius 3 is 2.58 bits per heavy atom. The van der Waals surface area contributed by atoms with Gasteiger partial charge in [-0.15, -0.1) is 0 Å². The molecule has 0 saturated heterocycles. The van der Waals surface area contributed by atoms with Gasteiger partial charge in [-0.3, -0.25) is 0 Å². The van der Waals surface area contributed by atoms with Gasteiger partial charge < -0.3 is 5.32 Å². The lowest BCUT2D eigenvalue weighted by atomic mass is 9.80. The van der Waals surface area contributed by atoms with Crippen LogP contribution in [0.3, 0.4) is 0 Å². The minimum Gasteiger partial charge on any atom is -0.316 e. The minimum atomic E-state index is -3.58. The van der Waals surface area contributed by atoms with Crippen LogP contribution in [0.1, 0.15) is 31.7 Å². The van der Waals surface area contributed by atoms with E-state index in [-0.39, 0.29) is 10.4 Å². The molecule has 106 valence electrons. The van der Waals surface area contributed by atoms with Crippen LogP contribution in [0.25, 0.3) is 0 Å². The molecule has 1 aliphatic rings. The van der Waals surface area contributed by atoms with E-state index in [4.69, 9.17) is 0 Å². The molecular formula is C13H19FN2O2S. The molecule has 1 aromatic carbocycles. The SMILES string of the molecule is CNCc1cc(S(=O)(=O)NC2(C)CCC2)ccc1F. The van der Waals surface area contributed by atoms with Gasteiger partial charge in [0.15, 0.2) is 0 Å². The topological polar surface area (TPSA) is 58.2 Å². The van der Waals surface area contributed by atoms with Crippen molar-refractivity contribution in [1.29, 1.82) is 0 Å². The Kier molecular flexibility index (Phi) is 3.94. The number of hydrogen-bond acceptors (Lipinski definition) is 3. The van der Waals surface area contributed by atoms with Gasteiger partial charge in [0.05, 0.1) is 4.90 Å². The second-order valence-corrected chi connectivity index (χ2v) is 6.99. The van der Waals surface area contributed by atoms with Gasteiger partial charge in [0, 0.05) is 17.6 Å². The molecule has 0 heterocycles. The molecular weight excluding hydrogens is 267 g/mol. The summed E-state index contributed by atoms with van der Waals surface area (Å²) in [7, 11) is -1.89. The molecule has 2 rings (SSSR count). The Morgan fingerprint density at radius 1 is 1.37 bits per heavy atom. The van der Waals surface area contributed by atoms with Crippen molar-refractivity contribution in [2.75, 3.05) is 7.05 Å². The zero-order valence-corrected chi connectivity index (χ0v) is 12.0. The Hall–Kier alpha value is -0.980.